The lowest BCUT2D eigenvalue weighted by Crippen LogP contribution is -2.46. The van der Waals surface area contributed by atoms with Gasteiger partial charge in [-0.3, -0.25) is 9.78 Å². The fraction of sp³-hybridized carbons (Fsp3) is 0.474. The Morgan fingerprint density at radius 3 is 2.88 bits per heavy atom. The summed E-state index contributed by atoms with van der Waals surface area (Å²) in [6.07, 6.45) is 6.78. The predicted octanol–water partition coefficient (Wildman–Crippen LogP) is 1.72. The van der Waals surface area contributed by atoms with Crippen molar-refractivity contribution in [3.63, 3.8) is 0 Å². The quantitative estimate of drug-likeness (QED) is 0.813. The van der Waals surface area contributed by atoms with Gasteiger partial charge in [0.05, 0.1) is 24.6 Å². The molecule has 3 rings (SSSR count). The van der Waals surface area contributed by atoms with Crippen LogP contribution in [0.1, 0.15) is 28.2 Å². The second-order valence-corrected chi connectivity index (χ2v) is 6.74. The number of rotatable bonds is 5. The zero-order chi connectivity index (χ0) is 18.5. The Kier molecular flexibility index (Phi) is 5.78. The second-order valence-electron chi connectivity index (χ2n) is 6.74. The third-order valence-corrected chi connectivity index (χ3v) is 4.45. The molecule has 0 aliphatic carbocycles. The molecule has 0 unspecified atom stereocenters. The van der Waals surface area contributed by atoms with E-state index < -0.39 is 0 Å². The van der Waals surface area contributed by atoms with Crippen LogP contribution in [0.3, 0.4) is 0 Å². The first-order valence-electron chi connectivity index (χ1n) is 8.84. The van der Waals surface area contributed by atoms with Crippen molar-refractivity contribution >= 4 is 11.7 Å². The van der Waals surface area contributed by atoms with E-state index in [-0.39, 0.29) is 12.0 Å². The Morgan fingerprint density at radius 2 is 2.15 bits per heavy atom. The van der Waals surface area contributed by atoms with Crippen molar-refractivity contribution in [2.75, 3.05) is 38.7 Å². The van der Waals surface area contributed by atoms with Crippen LogP contribution in [-0.4, -0.2) is 65.7 Å². The summed E-state index contributed by atoms with van der Waals surface area (Å²) in [5, 5.41) is 0. The Morgan fingerprint density at radius 1 is 1.31 bits per heavy atom. The van der Waals surface area contributed by atoms with Crippen molar-refractivity contribution < 1.29 is 9.53 Å². The molecule has 0 spiro atoms. The summed E-state index contributed by atoms with van der Waals surface area (Å²) in [5.41, 5.74) is 2.41. The van der Waals surface area contributed by atoms with Gasteiger partial charge in [0.15, 0.2) is 0 Å². The molecule has 3 heterocycles. The van der Waals surface area contributed by atoms with E-state index in [1.165, 1.54) is 5.56 Å². The molecule has 2 aromatic rings. The van der Waals surface area contributed by atoms with Crippen LogP contribution in [0.4, 0.5) is 5.82 Å². The summed E-state index contributed by atoms with van der Waals surface area (Å²) in [7, 11) is 3.96. The number of hydrogen-bond donors (Lipinski definition) is 0. The van der Waals surface area contributed by atoms with Crippen LogP contribution in [0.25, 0.3) is 0 Å². The molecule has 1 aliphatic heterocycles. The largest absolute Gasteiger partial charge is 0.375 e. The SMILES string of the molecule is Cc1cnc(C(=O)N2CCO[C@@H](CCc3ccnc(N(C)C)c3)C2)cn1. The van der Waals surface area contributed by atoms with Crippen LogP contribution in [0.15, 0.2) is 30.7 Å². The normalized spacial score (nSPS) is 17.2. The third-order valence-electron chi connectivity index (χ3n) is 4.45. The lowest BCUT2D eigenvalue weighted by atomic mass is 10.1. The number of carbonyl (C=O) groups excluding carboxylic acids is 1. The number of amides is 1. The standard InChI is InChI=1S/C19H25N5O2/c1-14-11-22-17(12-21-14)19(25)24-8-9-26-16(13-24)5-4-15-6-7-20-18(10-15)23(2)3/h6-7,10-12,16H,4-5,8-9,13H2,1-3H3/t16-/m0/s1. The van der Waals surface area contributed by atoms with E-state index >= 15 is 0 Å². The number of aromatic nitrogens is 3. The van der Waals surface area contributed by atoms with Gasteiger partial charge in [-0.05, 0) is 37.5 Å². The van der Waals surface area contributed by atoms with Gasteiger partial charge in [0, 0.05) is 39.6 Å². The van der Waals surface area contributed by atoms with E-state index in [4.69, 9.17) is 4.74 Å². The van der Waals surface area contributed by atoms with Crippen LogP contribution in [0.2, 0.25) is 0 Å². The molecule has 1 aliphatic rings. The monoisotopic (exact) mass is 355 g/mol. The maximum Gasteiger partial charge on any atom is 0.274 e. The van der Waals surface area contributed by atoms with Crippen LogP contribution < -0.4 is 4.90 Å². The fourth-order valence-corrected chi connectivity index (χ4v) is 2.93. The number of ether oxygens (including phenoxy) is 1. The molecule has 1 amide bonds. The molecule has 1 saturated heterocycles. The number of aryl methyl sites for hydroxylation is 2. The van der Waals surface area contributed by atoms with E-state index in [0.717, 1.165) is 24.4 Å². The number of nitrogens with zero attached hydrogens (tertiary/aromatic N) is 5. The number of pyridine rings is 1. The first-order valence-corrected chi connectivity index (χ1v) is 8.84. The minimum atomic E-state index is -0.0791. The maximum atomic E-state index is 12.6. The molecule has 7 nitrogen and oxygen atoms in total. The molecular weight excluding hydrogens is 330 g/mol. The predicted molar refractivity (Wildman–Crippen MR) is 99.3 cm³/mol. The summed E-state index contributed by atoms with van der Waals surface area (Å²) >= 11 is 0. The lowest BCUT2D eigenvalue weighted by Gasteiger charge is -2.32. The van der Waals surface area contributed by atoms with Gasteiger partial charge >= 0.3 is 0 Å². The molecule has 0 radical (unpaired) electrons. The summed E-state index contributed by atoms with van der Waals surface area (Å²) < 4.78 is 5.86. The Labute approximate surface area is 154 Å². The van der Waals surface area contributed by atoms with Crippen LogP contribution in [-0.2, 0) is 11.2 Å². The summed E-state index contributed by atoms with van der Waals surface area (Å²) in [5.74, 6) is 0.867. The van der Waals surface area contributed by atoms with Gasteiger partial charge in [0.2, 0.25) is 0 Å². The summed E-state index contributed by atoms with van der Waals surface area (Å²) in [4.78, 5) is 29.1. The second kappa shape index (κ2) is 8.23. The Balaban J connectivity index is 1.57. The topological polar surface area (TPSA) is 71.5 Å². The van der Waals surface area contributed by atoms with Gasteiger partial charge in [-0.2, -0.15) is 0 Å². The average molecular weight is 355 g/mol. The molecular formula is C19H25N5O2. The van der Waals surface area contributed by atoms with E-state index in [9.17, 15) is 4.79 Å². The van der Waals surface area contributed by atoms with Crippen molar-refractivity contribution in [2.24, 2.45) is 0 Å². The zero-order valence-corrected chi connectivity index (χ0v) is 15.6. The first-order chi connectivity index (χ1) is 12.5. The highest BCUT2D eigenvalue weighted by molar-refractivity contribution is 5.92. The van der Waals surface area contributed by atoms with Gasteiger partial charge < -0.3 is 14.5 Å². The van der Waals surface area contributed by atoms with Gasteiger partial charge in [0.25, 0.3) is 5.91 Å². The maximum absolute atomic E-state index is 12.6. The van der Waals surface area contributed by atoms with E-state index in [1.807, 2.05) is 43.1 Å². The zero-order valence-electron chi connectivity index (χ0n) is 15.6. The average Bonchev–Trinajstić information content (AvgIpc) is 2.67. The Hall–Kier alpha value is -2.54. The molecule has 0 bridgehead atoms. The van der Waals surface area contributed by atoms with Crippen LogP contribution in [0, 0.1) is 6.92 Å². The van der Waals surface area contributed by atoms with Gasteiger partial charge in [-0.15, -0.1) is 0 Å². The van der Waals surface area contributed by atoms with Crippen molar-refractivity contribution in [3.8, 4) is 0 Å². The molecule has 138 valence electrons. The molecule has 0 saturated carbocycles. The van der Waals surface area contributed by atoms with Crippen molar-refractivity contribution in [1.29, 1.82) is 0 Å². The minimum Gasteiger partial charge on any atom is -0.375 e. The third kappa shape index (κ3) is 4.54. The van der Waals surface area contributed by atoms with E-state index in [2.05, 4.69) is 21.0 Å². The van der Waals surface area contributed by atoms with Gasteiger partial charge in [-0.1, -0.05) is 0 Å². The number of morpholine rings is 1. The Bertz CT molecular complexity index is 748. The minimum absolute atomic E-state index is 0.0297. The lowest BCUT2D eigenvalue weighted by molar-refractivity contribution is -0.0248. The highest BCUT2D eigenvalue weighted by Crippen LogP contribution is 2.16. The van der Waals surface area contributed by atoms with Crippen LogP contribution in [0.5, 0.6) is 0 Å². The molecule has 26 heavy (non-hydrogen) atoms. The number of carbonyl (C=O) groups is 1. The summed E-state index contributed by atoms with van der Waals surface area (Å²) in [6.45, 7) is 3.58. The highest BCUT2D eigenvalue weighted by Gasteiger charge is 2.25. The summed E-state index contributed by atoms with van der Waals surface area (Å²) in [6, 6.07) is 4.12. The molecule has 0 aromatic carbocycles. The van der Waals surface area contributed by atoms with E-state index in [0.29, 0.717) is 25.4 Å². The van der Waals surface area contributed by atoms with Crippen molar-refractivity contribution in [3.05, 3.63) is 47.7 Å². The van der Waals surface area contributed by atoms with Crippen LogP contribution >= 0.6 is 0 Å². The van der Waals surface area contributed by atoms with Crippen molar-refractivity contribution in [2.45, 2.75) is 25.9 Å². The smallest absolute Gasteiger partial charge is 0.274 e. The molecule has 0 N–H and O–H groups in total. The number of anilines is 1. The molecule has 7 heteroatoms. The molecule has 1 atom stereocenters. The van der Waals surface area contributed by atoms with Crippen molar-refractivity contribution in [1.82, 2.24) is 19.9 Å². The van der Waals surface area contributed by atoms with Gasteiger partial charge in [0.1, 0.15) is 11.5 Å². The first kappa shape index (κ1) is 18.3. The molecule has 2 aromatic heterocycles. The van der Waals surface area contributed by atoms with Gasteiger partial charge in [-0.25, -0.2) is 9.97 Å². The fourth-order valence-electron chi connectivity index (χ4n) is 2.93. The molecule has 1 fully saturated rings. The highest BCUT2D eigenvalue weighted by atomic mass is 16.5. The van der Waals surface area contributed by atoms with E-state index in [1.54, 1.807) is 12.4 Å². The number of hydrogen-bond acceptors (Lipinski definition) is 6.